The van der Waals surface area contributed by atoms with Gasteiger partial charge in [-0.05, 0) is 25.5 Å². The molecule has 1 aromatic carbocycles. The summed E-state index contributed by atoms with van der Waals surface area (Å²) in [6, 6.07) is 10.0. The first-order valence-corrected chi connectivity index (χ1v) is 6.70. The number of nitrogens with zero attached hydrogens (tertiary/aromatic N) is 2. The van der Waals surface area contributed by atoms with E-state index >= 15 is 0 Å². The van der Waals surface area contributed by atoms with Crippen LogP contribution in [0.3, 0.4) is 0 Å². The summed E-state index contributed by atoms with van der Waals surface area (Å²) >= 11 is 1.61. The molecule has 0 aliphatic carbocycles. The number of nitrogens with two attached hydrogens (primary N) is 1. The van der Waals surface area contributed by atoms with Gasteiger partial charge in [0, 0.05) is 5.25 Å². The standard InChI is InChI=1S/C13H16N4S/c1-9(7-13(2,15)8-14)18-12-16-10-5-3-4-6-11(10)17-12/h3-6,9H,7,15H2,1-2H3,(H,16,17). The maximum atomic E-state index is 8.92. The molecule has 2 atom stereocenters. The van der Waals surface area contributed by atoms with E-state index in [1.807, 2.05) is 24.3 Å². The number of hydrogen-bond acceptors (Lipinski definition) is 4. The zero-order chi connectivity index (χ0) is 13.2. The van der Waals surface area contributed by atoms with E-state index in [1.54, 1.807) is 18.7 Å². The molecule has 1 heterocycles. The summed E-state index contributed by atoms with van der Waals surface area (Å²) in [7, 11) is 0. The van der Waals surface area contributed by atoms with Crippen LogP contribution in [0.4, 0.5) is 0 Å². The minimum atomic E-state index is -0.779. The highest BCUT2D eigenvalue weighted by molar-refractivity contribution is 7.99. The Kier molecular flexibility index (Phi) is 3.60. The SMILES string of the molecule is CC(CC(C)(N)C#N)Sc1nc2ccccc2[nH]1. The van der Waals surface area contributed by atoms with E-state index in [-0.39, 0.29) is 5.25 Å². The van der Waals surface area contributed by atoms with Crippen molar-refractivity contribution in [3.63, 3.8) is 0 Å². The maximum absolute atomic E-state index is 8.92. The van der Waals surface area contributed by atoms with Gasteiger partial charge in [0.15, 0.2) is 5.16 Å². The van der Waals surface area contributed by atoms with Gasteiger partial charge in [0.05, 0.1) is 17.1 Å². The molecule has 0 spiro atoms. The smallest absolute Gasteiger partial charge is 0.166 e. The average molecular weight is 260 g/mol. The summed E-state index contributed by atoms with van der Waals surface area (Å²) < 4.78 is 0. The molecule has 0 radical (unpaired) electrons. The minimum Gasteiger partial charge on any atom is -0.333 e. The quantitative estimate of drug-likeness (QED) is 0.828. The fourth-order valence-corrected chi connectivity index (χ4v) is 2.99. The van der Waals surface area contributed by atoms with Crippen molar-refractivity contribution in [1.29, 1.82) is 5.26 Å². The molecule has 3 N–H and O–H groups in total. The number of benzene rings is 1. The van der Waals surface area contributed by atoms with E-state index < -0.39 is 5.54 Å². The Balaban J connectivity index is 2.07. The lowest BCUT2D eigenvalue weighted by Crippen LogP contribution is -2.36. The highest BCUT2D eigenvalue weighted by Gasteiger charge is 2.22. The Morgan fingerprint density at radius 3 is 2.94 bits per heavy atom. The van der Waals surface area contributed by atoms with Crippen LogP contribution < -0.4 is 5.73 Å². The van der Waals surface area contributed by atoms with E-state index in [4.69, 9.17) is 11.0 Å². The summed E-state index contributed by atoms with van der Waals surface area (Å²) in [5.74, 6) is 0. The number of imidazole rings is 1. The van der Waals surface area contributed by atoms with Crippen LogP contribution in [0.2, 0.25) is 0 Å². The van der Waals surface area contributed by atoms with Gasteiger partial charge >= 0.3 is 0 Å². The normalized spacial score (nSPS) is 16.1. The molecule has 0 fully saturated rings. The number of fused-ring (bicyclic) bond motifs is 1. The van der Waals surface area contributed by atoms with Gasteiger partial charge in [0.25, 0.3) is 0 Å². The molecule has 18 heavy (non-hydrogen) atoms. The minimum absolute atomic E-state index is 0.236. The summed E-state index contributed by atoms with van der Waals surface area (Å²) in [4.78, 5) is 7.75. The Labute approximate surface area is 111 Å². The highest BCUT2D eigenvalue weighted by Crippen LogP contribution is 2.27. The first-order valence-electron chi connectivity index (χ1n) is 5.82. The van der Waals surface area contributed by atoms with Crippen LogP contribution in [0, 0.1) is 11.3 Å². The summed E-state index contributed by atoms with van der Waals surface area (Å²) in [6.07, 6.45) is 0.630. The van der Waals surface area contributed by atoms with E-state index in [1.165, 1.54) is 0 Å². The van der Waals surface area contributed by atoms with E-state index in [0.29, 0.717) is 6.42 Å². The van der Waals surface area contributed by atoms with Gasteiger partial charge in [-0.25, -0.2) is 4.98 Å². The molecule has 0 saturated carbocycles. The fraction of sp³-hybridized carbons (Fsp3) is 0.385. The molecule has 2 rings (SSSR count). The first-order chi connectivity index (χ1) is 8.50. The fourth-order valence-electron chi connectivity index (χ4n) is 1.86. The van der Waals surface area contributed by atoms with Gasteiger partial charge in [0.2, 0.25) is 0 Å². The predicted octanol–water partition coefficient (Wildman–Crippen LogP) is 2.67. The Morgan fingerprint density at radius 1 is 1.56 bits per heavy atom. The first kappa shape index (κ1) is 12.9. The molecule has 5 heteroatoms. The van der Waals surface area contributed by atoms with Crippen LogP contribution in [0.15, 0.2) is 29.4 Å². The van der Waals surface area contributed by atoms with Crippen molar-refractivity contribution in [3.05, 3.63) is 24.3 Å². The average Bonchev–Trinajstić information content (AvgIpc) is 2.70. The molecule has 94 valence electrons. The topological polar surface area (TPSA) is 78.5 Å². The van der Waals surface area contributed by atoms with Crippen LogP contribution in [0.25, 0.3) is 11.0 Å². The van der Waals surface area contributed by atoms with E-state index in [2.05, 4.69) is 23.0 Å². The number of nitriles is 1. The maximum Gasteiger partial charge on any atom is 0.166 e. The van der Waals surface area contributed by atoms with Gasteiger partial charge in [-0.15, -0.1) is 0 Å². The third kappa shape index (κ3) is 3.03. The van der Waals surface area contributed by atoms with E-state index in [0.717, 1.165) is 16.2 Å². The highest BCUT2D eigenvalue weighted by atomic mass is 32.2. The lowest BCUT2D eigenvalue weighted by atomic mass is 10.00. The number of para-hydroxylation sites is 2. The molecule has 2 aromatic rings. The van der Waals surface area contributed by atoms with Gasteiger partial charge in [0.1, 0.15) is 5.54 Å². The van der Waals surface area contributed by atoms with Crippen LogP contribution >= 0.6 is 11.8 Å². The molecule has 4 nitrogen and oxygen atoms in total. The van der Waals surface area contributed by atoms with Gasteiger partial charge in [-0.3, -0.25) is 0 Å². The van der Waals surface area contributed by atoms with Gasteiger partial charge in [-0.1, -0.05) is 30.8 Å². The second-order valence-corrected chi connectivity index (χ2v) is 6.15. The number of aromatic nitrogens is 2. The van der Waals surface area contributed by atoms with Crippen molar-refractivity contribution in [3.8, 4) is 6.07 Å². The van der Waals surface area contributed by atoms with Crippen LogP contribution in [-0.2, 0) is 0 Å². The lowest BCUT2D eigenvalue weighted by Gasteiger charge is -2.19. The number of aromatic amines is 1. The van der Waals surface area contributed by atoms with Crippen molar-refractivity contribution >= 4 is 22.8 Å². The van der Waals surface area contributed by atoms with E-state index in [9.17, 15) is 0 Å². The molecule has 0 saturated heterocycles. The van der Waals surface area contributed by atoms with Crippen LogP contribution in [0.5, 0.6) is 0 Å². The van der Waals surface area contributed by atoms with Crippen molar-refractivity contribution in [1.82, 2.24) is 9.97 Å². The number of thioether (sulfide) groups is 1. The summed E-state index contributed by atoms with van der Waals surface area (Å²) in [6.45, 7) is 3.81. The predicted molar refractivity (Wildman–Crippen MR) is 74.2 cm³/mol. The molecule has 0 aliphatic rings. The Bertz CT molecular complexity index is 549. The van der Waals surface area contributed by atoms with Gasteiger partial charge < -0.3 is 10.7 Å². The van der Waals surface area contributed by atoms with Gasteiger partial charge in [-0.2, -0.15) is 5.26 Å². The number of nitrogens with one attached hydrogen (secondary N) is 1. The second-order valence-electron chi connectivity index (χ2n) is 4.72. The molecule has 0 aliphatic heterocycles. The monoisotopic (exact) mass is 260 g/mol. The molecule has 0 bridgehead atoms. The van der Waals surface area contributed by atoms with Crippen LogP contribution in [0.1, 0.15) is 20.3 Å². The molecular formula is C13H16N4S. The van der Waals surface area contributed by atoms with Crippen molar-refractivity contribution in [2.24, 2.45) is 5.73 Å². The Morgan fingerprint density at radius 2 is 2.28 bits per heavy atom. The summed E-state index contributed by atoms with van der Waals surface area (Å²) in [5, 5.41) is 10.0. The molecule has 2 unspecified atom stereocenters. The largest absolute Gasteiger partial charge is 0.333 e. The number of hydrogen-bond donors (Lipinski definition) is 2. The summed E-state index contributed by atoms with van der Waals surface area (Å²) in [5.41, 5.74) is 7.05. The van der Waals surface area contributed by atoms with Crippen molar-refractivity contribution in [2.75, 3.05) is 0 Å². The third-order valence-electron chi connectivity index (χ3n) is 2.65. The zero-order valence-electron chi connectivity index (χ0n) is 10.5. The number of rotatable bonds is 4. The van der Waals surface area contributed by atoms with Crippen molar-refractivity contribution in [2.45, 2.75) is 36.2 Å². The molecular weight excluding hydrogens is 244 g/mol. The number of H-pyrrole nitrogens is 1. The third-order valence-corrected chi connectivity index (χ3v) is 3.63. The lowest BCUT2D eigenvalue weighted by molar-refractivity contribution is 0.545. The van der Waals surface area contributed by atoms with Crippen molar-refractivity contribution < 1.29 is 0 Å². The Hall–Kier alpha value is -1.51. The molecule has 1 aromatic heterocycles. The van der Waals surface area contributed by atoms with Crippen LogP contribution in [-0.4, -0.2) is 20.8 Å². The molecule has 0 amide bonds. The zero-order valence-corrected chi connectivity index (χ0v) is 11.3. The second kappa shape index (κ2) is 5.01.